The fraction of sp³-hybridized carbons (Fsp3) is 0.185. The van der Waals surface area contributed by atoms with Gasteiger partial charge in [0.25, 0.3) is 11.1 Å². The maximum absolute atomic E-state index is 13.8. The number of hydrogen-bond acceptors (Lipinski definition) is 6. The molecule has 5 rings (SSSR count). The number of ether oxygens (including phenoxy) is 2. The Morgan fingerprint density at radius 1 is 0.889 bits per heavy atom. The molecule has 0 saturated heterocycles. The first-order chi connectivity index (χ1) is 17.5. The van der Waals surface area contributed by atoms with E-state index < -0.39 is 0 Å². The minimum atomic E-state index is -0.248. The van der Waals surface area contributed by atoms with Gasteiger partial charge in [0.05, 0.1) is 43.9 Å². The highest BCUT2D eigenvalue weighted by Crippen LogP contribution is 2.20. The third-order valence-electron chi connectivity index (χ3n) is 6.14. The van der Waals surface area contributed by atoms with Gasteiger partial charge in [-0.15, -0.1) is 0 Å². The summed E-state index contributed by atoms with van der Waals surface area (Å²) in [5, 5.41) is 0.455. The Balaban J connectivity index is 1.70. The number of nitrogens with zero attached hydrogens (tertiary/aromatic N) is 5. The predicted molar refractivity (Wildman–Crippen MR) is 136 cm³/mol. The van der Waals surface area contributed by atoms with E-state index in [9.17, 15) is 9.59 Å². The van der Waals surface area contributed by atoms with Crippen LogP contribution in [0.25, 0.3) is 16.7 Å². The molecule has 0 radical (unpaired) electrons. The molecule has 36 heavy (non-hydrogen) atoms. The van der Waals surface area contributed by atoms with Crippen molar-refractivity contribution < 1.29 is 9.47 Å². The van der Waals surface area contributed by atoms with E-state index >= 15 is 0 Å². The van der Waals surface area contributed by atoms with E-state index in [-0.39, 0.29) is 17.7 Å². The molecule has 1 aromatic carbocycles. The zero-order chi connectivity index (χ0) is 25.2. The molecule has 0 spiro atoms. The molecule has 4 heterocycles. The van der Waals surface area contributed by atoms with Gasteiger partial charge in [0.15, 0.2) is 5.82 Å². The Morgan fingerprint density at radius 2 is 1.69 bits per heavy atom. The summed E-state index contributed by atoms with van der Waals surface area (Å²) in [6.07, 6.45) is 1.64. The van der Waals surface area contributed by atoms with Gasteiger partial charge in [-0.25, -0.2) is 9.97 Å². The van der Waals surface area contributed by atoms with Crippen molar-refractivity contribution in [3.63, 3.8) is 0 Å². The number of aromatic nitrogens is 5. The molecule has 0 aliphatic rings. The average Bonchev–Trinajstić information content (AvgIpc) is 3.18. The van der Waals surface area contributed by atoms with E-state index in [0.717, 1.165) is 11.3 Å². The van der Waals surface area contributed by atoms with Gasteiger partial charge in [0.1, 0.15) is 5.75 Å². The van der Waals surface area contributed by atoms with Gasteiger partial charge in [0.2, 0.25) is 5.88 Å². The molecule has 5 aromatic rings. The molecule has 0 bridgehead atoms. The monoisotopic (exact) mass is 483 g/mol. The predicted octanol–water partition coefficient (Wildman–Crippen LogP) is 3.17. The highest BCUT2D eigenvalue weighted by atomic mass is 16.5. The van der Waals surface area contributed by atoms with Crippen molar-refractivity contribution in [1.29, 1.82) is 0 Å². The zero-order valence-corrected chi connectivity index (χ0v) is 20.2. The average molecular weight is 484 g/mol. The summed E-state index contributed by atoms with van der Waals surface area (Å²) >= 11 is 0. The Bertz CT molecular complexity index is 1650. The Labute approximate surface area is 206 Å². The van der Waals surface area contributed by atoms with Crippen LogP contribution in [0.2, 0.25) is 0 Å². The SMILES string of the molecule is COc1ccc(Cn2c3cc(=O)n(Cc4cccc(OC)n4)c(C)c3c(=O)n2-c2ccccn2)cc1. The summed E-state index contributed by atoms with van der Waals surface area (Å²) < 4.78 is 15.4. The molecule has 182 valence electrons. The van der Waals surface area contributed by atoms with Crippen LogP contribution in [0, 0.1) is 6.92 Å². The van der Waals surface area contributed by atoms with Crippen LogP contribution in [0.5, 0.6) is 11.6 Å². The summed E-state index contributed by atoms with van der Waals surface area (Å²) in [6.45, 7) is 2.36. The summed E-state index contributed by atoms with van der Waals surface area (Å²) in [6, 6.07) is 19.9. The Hall–Kier alpha value is -4.66. The molecule has 9 nitrogen and oxygen atoms in total. The van der Waals surface area contributed by atoms with E-state index in [4.69, 9.17) is 9.47 Å². The number of rotatable bonds is 7. The summed E-state index contributed by atoms with van der Waals surface area (Å²) in [7, 11) is 3.16. The van der Waals surface area contributed by atoms with Crippen molar-refractivity contribution >= 4 is 10.9 Å². The second-order valence-corrected chi connectivity index (χ2v) is 8.30. The van der Waals surface area contributed by atoms with E-state index in [1.54, 1.807) is 54.8 Å². The minimum Gasteiger partial charge on any atom is -0.497 e. The standard InChI is InChI=1S/C27H25N5O4/c1-18-26-22(15-25(33)30(18)17-20-7-6-9-24(29-20)36-3)31(16-19-10-12-21(35-2)13-11-19)32(27(26)34)23-8-4-5-14-28-23/h4-15H,16-17H2,1-3H3. The molecule has 0 amide bonds. The van der Waals surface area contributed by atoms with Crippen LogP contribution in [0.15, 0.2) is 82.5 Å². The van der Waals surface area contributed by atoms with Crippen LogP contribution in [0.1, 0.15) is 17.0 Å². The van der Waals surface area contributed by atoms with Gasteiger partial charge < -0.3 is 14.0 Å². The number of hydrogen-bond donors (Lipinski definition) is 0. The summed E-state index contributed by atoms with van der Waals surface area (Å²) in [5.41, 5.74) is 2.22. The number of pyridine rings is 3. The van der Waals surface area contributed by atoms with Gasteiger partial charge in [0, 0.05) is 24.0 Å². The lowest BCUT2D eigenvalue weighted by Gasteiger charge is -2.14. The summed E-state index contributed by atoms with van der Waals surface area (Å²) in [5.74, 6) is 1.67. The maximum Gasteiger partial charge on any atom is 0.282 e. The van der Waals surface area contributed by atoms with Gasteiger partial charge in [-0.05, 0) is 42.8 Å². The molecule has 0 unspecified atom stereocenters. The fourth-order valence-electron chi connectivity index (χ4n) is 4.33. The molecular formula is C27H25N5O4. The Morgan fingerprint density at radius 3 is 2.39 bits per heavy atom. The quantitative estimate of drug-likeness (QED) is 0.353. The highest BCUT2D eigenvalue weighted by Gasteiger charge is 2.21. The second kappa shape index (κ2) is 9.53. The summed E-state index contributed by atoms with van der Waals surface area (Å²) in [4.78, 5) is 35.9. The third-order valence-corrected chi connectivity index (χ3v) is 6.14. The van der Waals surface area contributed by atoms with Crippen molar-refractivity contribution in [2.24, 2.45) is 0 Å². The highest BCUT2D eigenvalue weighted by molar-refractivity contribution is 5.81. The molecule has 0 atom stereocenters. The zero-order valence-electron chi connectivity index (χ0n) is 20.2. The third kappa shape index (κ3) is 4.15. The van der Waals surface area contributed by atoms with Crippen LogP contribution < -0.4 is 20.6 Å². The number of methoxy groups -OCH3 is 2. The van der Waals surface area contributed by atoms with Crippen LogP contribution in [-0.2, 0) is 13.1 Å². The smallest absolute Gasteiger partial charge is 0.282 e. The first kappa shape index (κ1) is 23.1. The van der Waals surface area contributed by atoms with Crippen molar-refractivity contribution in [2.75, 3.05) is 14.2 Å². The second-order valence-electron chi connectivity index (χ2n) is 8.30. The topological polar surface area (TPSA) is 93.2 Å². The van der Waals surface area contributed by atoms with Gasteiger partial charge in [-0.1, -0.05) is 24.3 Å². The van der Waals surface area contributed by atoms with Crippen LogP contribution in [0.4, 0.5) is 0 Å². The van der Waals surface area contributed by atoms with Gasteiger partial charge >= 0.3 is 0 Å². The lowest BCUT2D eigenvalue weighted by Crippen LogP contribution is -2.24. The lowest BCUT2D eigenvalue weighted by molar-refractivity contribution is 0.395. The molecular weight excluding hydrogens is 458 g/mol. The van der Waals surface area contributed by atoms with E-state index in [2.05, 4.69) is 9.97 Å². The molecule has 0 fully saturated rings. The van der Waals surface area contributed by atoms with Crippen molar-refractivity contribution in [2.45, 2.75) is 20.0 Å². The Kier molecular flexibility index (Phi) is 6.12. The number of aryl methyl sites for hydroxylation is 1. The maximum atomic E-state index is 13.8. The van der Waals surface area contributed by atoms with Crippen molar-refractivity contribution in [3.8, 4) is 17.4 Å². The molecule has 0 N–H and O–H groups in total. The molecule has 9 heteroatoms. The molecule has 0 aliphatic carbocycles. The van der Waals surface area contributed by atoms with E-state index in [1.165, 1.54) is 10.7 Å². The van der Waals surface area contributed by atoms with E-state index in [0.29, 0.717) is 40.5 Å². The lowest BCUT2D eigenvalue weighted by atomic mass is 10.2. The first-order valence-electron chi connectivity index (χ1n) is 11.4. The first-order valence-corrected chi connectivity index (χ1v) is 11.4. The van der Waals surface area contributed by atoms with Crippen LogP contribution in [-0.4, -0.2) is 38.1 Å². The van der Waals surface area contributed by atoms with Crippen LogP contribution in [0.3, 0.4) is 0 Å². The van der Waals surface area contributed by atoms with E-state index in [1.807, 2.05) is 42.5 Å². The van der Waals surface area contributed by atoms with Gasteiger partial charge in [-0.2, -0.15) is 4.68 Å². The fourth-order valence-corrected chi connectivity index (χ4v) is 4.33. The number of fused-ring (bicyclic) bond motifs is 1. The minimum absolute atomic E-state index is 0.213. The van der Waals surface area contributed by atoms with Gasteiger partial charge in [-0.3, -0.25) is 14.3 Å². The molecule has 0 saturated carbocycles. The van der Waals surface area contributed by atoms with Crippen LogP contribution >= 0.6 is 0 Å². The van der Waals surface area contributed by atoms with Crippen molar-refractivity contribution in [1.82, 2.24) is 23.9 Å². The largest absolute Gasteiger partial charge is 0.497 e. The van der Waals surface area contributed by atoms with Crippen molar-refractivity contribution in [3.05, 3.63) is 111 Å². The number of benzene rings is 1. The molecule has 4 aromatic heterocycles. The molecule has 0 aliphatic heterocycles. The normalized spacial score (nSPS) is 11.1.